The summed E-state index contributed by atoms with van der Waals surface area (Å²) in [4.78, 5) is 27.4. The average molecular weight is 811 g/mol. The molecule has 0 aromatic heterocycles. The largest absolute Gasteiger partial charge is 0.463 e. The van der Waals surface area contributed by atoms with E-state index in [1.165, 1.54) is 96.3 Å². The Kier molecular flexibility index (Phi) is 41.3. The highest BCUT2D eigenvalue weighted by molar-refractivity contribution is 7.80. The summed E-state index contributed by atoms with van der Waals surface area (Å²) in [5.41, 5.74) is 6.05. The number of aliphatic hydroxyl groups excluding tert-OH is 2. The van der Waals surface area contributed by atoms with Gasteiger partial charge in [0.25, 0.3) is 0 Å². The zero-order chi connectivity index (χ0) is 41.2. The Morgan fingerprint density at radius 2 is 0.982 bits per heavy atom. The van der Waals surface area contributed by atoms with Gasteiger partial charge >= 0.3 is 11.9 Å². The number of rotatable bonds is 43. The summed E-state index contributed by atoms with van der Waals surface area (Å²) in [5.74, 6) is -0.740. The summed E-state index contributed by atoms with van der Waals surface area (Å²) in [6.45, 7) is 5.60. The summed E-state index contributed by atoms with van der Waals surface area (Å²) in [7, 11) is 0. The second-order valence-electron chi connectivity index (χ2n) is 15.4. The van der Waals surface area contributed by atoms with Gasteiger partial charge in [0.05, 0.1) is 19.8 Å². The molecule has 0 aliphatic carbocycles. The summed E-state index contributed by atoms with van der Waals surface area (Å²) in [6, 6.07) is 0. The lowest BCUT2D eigenvalue weighted by Gasteiger charge is -2.28. The number of allylic oxidation sites excluding steroid dienone is 4. The smallest absolute Gasteiger partial charge is 0.306 e. The fraction of sp³-hybridized carbons (Fsp3) is 0.848. The molecule has 4 N–H and O–H groups in total. The van der Waals surface area contributed by atoms with E-state index in [2.05, 4.69) is 38.2 Å². The zero-order valence-electron chi connectivity index (χ0n) is 36.1. The first-order chi connectivity index (χ1) is 27.4. The Morgan fingerprint density at radius 1 is 0.589 bits per heavy atom. The molecule has 0 radical (unpaired) electrons. The van der Waals surface area contributed by atoms with Crippen LogP contribution in [0.3, 0.4) is 0 Å². The lowest BCUT2D eigenvalue weighted by Crippen LogP contribution is -2.46. The number of aliphatic hydroxyl groups is 2. The van der Waals surface area contributed by atoms with E-state index in [1.807, 2.05) is 4.90 Å². The Morgan fingerprint density at radius 3 is 1.39 bits per heavy atom. The molecule has 0 aromatic carbocycles. The lowest BCUT2D eigenvalue weighted by molar-refractivity contribution is -0.160. The van der Waals surface area contributed by atoms with Crippen LogP contribution in [-0.2, 0) is 23.8 Å². The quantitative estimate of drug-likeness (QED) is 0.0237. The van der Waals surface area contributed by atoms with Gasteiger partial charge in [0, 0.05) is 32.5 Å². The molecule has 0 aliphatic heterocycles. The average Bonchev–Trinajstić information content (AvgIpc) is 3.18. The van der Waals surface area contributed by atoms with Gasteiger partial charge in [-0.25, -0.2) is 0 Å². The minimum Gasteiger partial charge on any atom is -0.463 e. The van der Waals surface area contributed by atoms with Crippen molar-refractivity contribution >= 4 is 29.1 Å². The van der Waals surface area contributed by atoms with Gasteiger partial charge in [-0.3, -0.25) is 14.5 Å². The standard InChI is InChI=1S/C46H86N2O7S/c1-3-5-7-9-11-13-15-17-19-21-23-25-27-29-31-33-43(51)54-41-42(53-40-37-48(35-38-49)36-39-50)45(46(47)56)55-44(52)34-32-30-28-26-24-22-20-18-16-14-12-10-8-6-4-2/h17-20,42,45,49-50H,3-16,21-41H2,1-2H3,(H2,47,56). The summed E-state index contributed by atoms with van der Waals surface area (Å²) < 4.78 is 17.4. The second-order valence-corrected chi connectivity index (χ2v) is 15.8. The predicted octanol–water partition coefficient (Wildman–Crippen LogP) is 10.5. The van der Waals surface area contributed by atoms with E-state index in [-0.39, 0.29) is 43.8 Å². The third-order valence-corrected chi connectivity index (χ3v) is 10.4. The van der Waals surface area contributed by atoms with Gasteiger partial charge in [-0.15, -0.1) is 0 Å². The molecule has 0 heterocycles. The van der Waals surface area contributed by atoms with Gasteiger partial charge in [0.2, 0.25) is 0 Å². The van der Waals surface area contributed by atoms with Crippen molar-refractivity contribution in [2.45, 2.75) is 206 Å². The van der Waals surface area contributed by atoms with Crippen molar-refractivity contribution in [2.24, 2.45) is 5.73 Å². The number of unbranched alkanes of at least 4 members (excludes halogenated alkanes) is 22. The number of nitrogens with zero attached hydrogens (tertiary/aromatic N) is 1. The molecule has 0 saturated carbocycles. The van der Waals surface area contributed by atoms with Crippen LogP contribution in [0.1, 0.15) is 194 Å². The molecule has 9 nitrogen and oxygen atoms in total. The van der Waals surface area contributed by atoms with Crippen LogP contribution in [0.15, 0.2) is 24.3 Å². The van der Waals surface area contributed by atoms with Crippen molar-refractivity contribution < 1.29 is 34.0 Å². The first-order valence-corrected chi connectivity index (χ1v) is 23.3. The van der Waals surface area contributed by atoms with Gasteiger partial charge in [-0.2, -0.15) is 0 Å². The number of ether oxygens (including phenoxy) is 3. The summed E-state index contributed by atoms with van der Waals surface area (Å²) >= 11 is 5.29. The van der Waals surface area contributed by atoms with Gasteiger partial charge in [0.15, 0.2) is 6.10 Å². The zero-order valence-corrected chi connectivity index (χ0v) is 36.9. The Hall–Kier alpha value is -1.85. The van der Waals surface area contributed by atoms with E-state index in [4.69, 9.17) is 32.2 Å². The maximum Gasteiger partial charge on any atom is 0.306 e. The molecule has 0 saturated heterocycles. The van der Waals surface area contributed by atoms with E-state index < -0.39 is 18.2 Å². The molecule has 10 heteroatoms. The molecule has 0 amide bonds. The van der Waals surface area contributed by atoms with Crippen LogP contribution in [0.5, 0.6) is 0 Å². The van der Waals surface area contributed by atoms with E-state index >= 15 is 0 Å². The molecule has 0 bridgehead atoms. The first kappa shape index (κ1) is 54.2. The van der Waals surface area contributed by atoms with Crippen molar-refractivity contribution in [2.75, 3.05) is 46.1 Å². The van der Waals surface area contributed by atoms with Crippen LogP contribution in [0, 0.1) is 0 Å². The maximum atomic E-state index is 12.9. The topological polar surface area (TPSA) is 132 Å². The van der Waals surface area contributed by atoms with E-state index in [0.717, 1.165) is 64.2 Å². The molecule has 0 aliphatic rings. The normalized spacial score (nSPS) is 12.9. The van der Waals surface area contributed by atoms with Crippen molar-refractivity contribution in [1.82, 2.24) is 4.90 Å². The minimum absolute atomic E-state index is 0.0382. The van der Waals surface area contributed by atoms with Crippen LogP contribution in [0.25, 0.3) is 0 Å². The van der Waals surface area contributed by atoms with Crippen LogP contribution in [0.4, 0.5) is 0 Å². The van der Waals surface area contributed by atoms with Crippen molar-refractivity contribution in [3.05, 3.63) is 24.3 Å². The Bertz CT molecular complexity index is 958. The Balaban J connectivity index is 4.58. The molecule has 0 spiro atoms. The lowest BCUT2D eigenvalue weighted by atomic mass is 10.1. The van der Waals surface area contributed by atoms with E-state index in [1.54, 1.807) is 0 Å². The number of carbonyl (C=O) groups excluding carboxylic acids is 2. The second kappa shape index (κ2) is 42.7. The first-order valence-electron chi connectivity index (χ1n) is 22.9. The van der Waals surface area contributed by atoms with Crippen molar-refractivity contribution in [1.29, 1.82) is 0 Å². The molecule has 2 atom stereocenters. The summed E-state index contributed by atoms with van der Waals surface area (Å²) in [5, 5.41) is 18.7. The predicted molar refractivity (Wildman–Crippen MR) is 237 cm³/mol. The van der Waals surface area contributed by atoms with Crippen LogP contribution < -0.4 is 5.73 Å². The molecule has 2 unspecified atom stereocenters. The molecule has 56 heavy (non-hydrogen) atoms. The molecular weight excluding hydrogens is 725 g/mol. The highest BCUT2D eigenvalue weighted by Crippen LogP contribution is 2.15. The number of nitrogens with two attached hydrogens (primary N) is 1. The van der Waals surface area contributed by atoms with Gasteiger partial charge in [-0.1, -0.05) is 153 Å². The molecule has 0 aromatic rings. The molecule has 328 valence electrons. The fourth-order valence-corrected chi connectivity index (χ4v) is 6.82. The molecule has 0 fully saturated rings. The maximum absolute atomic E-state index is 12.9. The van der Waals surface area contributed by atoms with Crippen LogP contribution in [-0.4, -0.2) is 90.3 Å². The summed E-state index contributed by atoms with van der Waals surface area (Å²) in [6.07, 6.45) is 38.6. The number of esters is 2. The van der Waals surface area contributed by atoms with Crippen LogP contribution >= 0.6 is 12.2 Å². The van der Waals surface area contributed by atoms with Crippen molar-refractivity contribution in [3.63, 3.8) is 0 Å². The highest BCUT2D eigenvalue weighted by atomic mass is 32.1. The SMILES string of the molecule is CCCCCCCCC=CCCCCCCCC(=O)OCC(OCCN(CCO)CCO)C(OC(=O)CCCCCCCC=CCCCCCCCC)C(N)=S. The third-order valence-electron chi connectivity index (χ3n) is 10.1. The van der Waals surface area contributed by atoms with Crippen LogP contribution in [0.2, 0.25) is 0 Å². The van der Waals surface area contributed by atoms with Gasteiger partial charge in [-0.05, 0) is 64.2 Å². The van der Waals surface area contributed by atoms with Gasteiger partial charge in [0.1, 0.15) is 17.7 Å². The third kappa shape index (κ3) is 36.5. The Labute approximate surface area is 348 Å². The fourth-order valence-electron chi connectivity index (χ4n) is 6.62. The van der Waals surface area contributed by atoms with E-state index in [9.17, 15) is 19.8 Å². The van der Waals surface area contributed by atoms with E-state index in [0.29, 0.717) is 32.5 Å². The molecule has 0 rings (SSSR count). The highest BCUT2D eigenvalue weighted by Gasteiger charge is 2.30. The number of hydrogen-bond acceptors (Lipinski definition) is 9. The number of carbonyl (C=O) groups is 2. The minimum atomic E-state index is -1.04. The monoisotopic (exact) mass is 811 g/mol. The number of thiocarbonyl (C=S) groups is 1. The van der Waals surface area contributed by atoms with Gasteiger partial charge < -0.3 is 30.2 Å². The number of hydrogen-bond donors (Lipinski definition) is 3. The van der Waals surface area contributed by atoms with Crippen molar-refractivity contribution in [3.8, 4) is 0 Å². The molecular formula is C46H86N2O7S.